The summed E-state index contributed by atoms with van der Waals surface area (Å²) < 4.78 is 0. The molecular formula is C30H34N2O2. The maximum absolute atomic E-state index is 11.5. The molecule has 1 aliphatic heterocycles. The van der Waals surface area contributed by atoms with Gasteiger partial charge in [0, 0.05) is 25.3 Å². The monoisotopic (exact) mass is 454 g/mol. The molecule has 4 nitrogen and oxygen atoms in total. The van der Waals surface area contributed by atoms with Crippen molar-refractivity contribution >= 4 is 23.0 Å². The first-order valence-electron chi connectivity index (χ1n) is 12.1. The molecule has 0 spiro atoms. The third-order valence-corrected chi connectivity index (χ3v) is 8.14. The van der Waals surface area contributed by atoms with Crippen molar-refractivity contribution in [1.82, 2.24) is 0 Å². The molecule has 0 aromatic heterocycles. The Labute approximate surface area is 202 Å². The van der Waals surface area contributed by atoms with E-state index in [9.17, 15) is 9.90 Å². The van der Waals surface area contributed by atoms with E-state index in [2.05, 4.69) is 88.0 Å². The molecule has 3 aromatic rings. The zero-order chi connectivity index (χ0) is 24.4. The average Bonchev–Trinajstić information content (AvgIpc) is 2.90. The second-order valence-corrected chi connectivity index (χ2v) is 11.2. The molecule has 1 atom stereocenters. The zero-order valence-corrected chi connectivity index (χ0v) is 21.0. The van der Waals surface area contributed by atoms with Gasteiger partial charge in [-0.2, -0.15) is 0 Å². The first kappa shape index (κ1) is 22.5. The highest BCUT2D eigenvalue weighted by molar-refractivity contribution is 5.88. The minimum Gasteiger partial charge on any atom is -0.478 e. The van der Waals surface area contributed by atoms with Crippen LogP contribution in [-0.4, -0.2) is 25.2 Å². The second kappa shape index (κ2) is 7.63. The fourth-order valence-electron chi connectivity index (χ4n) is 5.86. The van der Waals surface area contributed by atoms with Gasteiger partial charge in [-0.1, -0.05) is 58.0 Å². The molecule has 0 amide bonds. The van der Waals surface area contributed by atoms with Crippen molar-refractivity contribution in [1.29, 1.82) is 0 Å². The lowest BCUT2D eigenvalue weighted by atomic mass is 9.62. The summed E-state index contributed by atoms with van der Waals surface area (Å²) in [6, 6.07) is 20.7. The highest BCUT2D eigenvalue weighted by Crippen LogP contribution is 2.52. The molecule has 34 heavy (non-hydrogen) atoms. The van der Waals surface area contributed by atoms with Gasteiger partial charge < -0.3 is 14.9 Å². The van der Waals surface area contributed by atoms with Crippen LogP contribution < -0.4 is 9.80 Å². The number of rotatable bonds is 2. The van der Waals surface area contributed by atoms with Gasteiger partial charge in [-0.3, -0.25) is 0 Å². The lowest BCUT2D eigenvalue weighted by molar-refractivity contribution is 0.0697. The predicted molar refractivity (Wildman–Crippen MR) is 140 cm³/mol. The molecule has 1 N–H and O–H groups in total. The van der Waals surface area contributed by atoms with Gasteiger partial charge in [0.1, 0.15) is 0 Å². The molecule has 0 saturated carbocycles. The Bertz CT molecular complexity index is 1270. The molecule has 4 heteroatoms. The van der Waals surface area contributed by atoms with Crippen LogP contribution in [0, 0.1) is 0 Å². The van der Waals surface area contributed by atoms with Gasteiger partial charge in [0.05, 0.1) is 23.0 Å². The van der Waals surface area contributed by atoms with E-state index in [1.807, 2.05) is 12.1 Å². The van der Waals surface area contributed by atoms with Gasteiger partial charge >= 0.3 is 5.97 Å². The van der Waals surface area contributed by atoms with E-state index in [0.717, 1.165) is 17.7 Å². The Hall–Kier alpha value is -3.27. The van der Waals surface area contributed by atoms with Gasteiger partial charge in [-0.25, -0.2) is 4.79 Å². The molecule has 1 aliphatic carbocycles. The smallest absolute Gasteiger partial charge is 0.335 e. The van der Waals surface area contributed by atoms with Crippen molar-refractivity contribution < 1.29 is 9.90 Å². The number of carboxylic acid groups (broad SMARTS) is 1. The topological polar surface area (TPSA) is 43.8 Å². The molecule has 5 rings (SSSR count). The van der Waals surface area contributed by atoms with Crippen molar-refractivity contribution in [3.8, 4) is 0 Å². The molecule has 0 bridgehead atoms. The van der Waals surface area contributed by atoms with Crippen LogP contribution in [0.2, 0.25) is 0 Å². The largest absolute Gasteiger partial charge is 0.478 e. The van der Waals surface area contributed by atoms with Crippen molar-refractivity contribution in [2.24, 2.45) is 0 Å². The van der Waals surface area contributed by atoms with Crippen LogP contribution in [0.1, 0.15) is 79.2 Å². The number of aromatic carboxylic acids is 1. The van der Waals surface area contributed by atoms with Crippen molar-refractivity contribution in [2.75, 3.05) is 23.9 Å². The van der Waals surface area contributed by atoms with Gasteiger partial charge in [0.2, 0.25) is 0 Å². The Morgan fingerprint density at radius 1 is 0.824 bits per heavy atom. The normalized spacial score (nSPS) is 20.1. The first-order valence-corrected chi connectivity index (χ1v) is 12.1. The summed E-state index contributed by atoms with van der Waals surface area (Å²) in [6.45, 7) is 9.46. The number of anilines is 3. The number of nitrogens with zero attached hydrogens (tertiary/aromatic N) is 2. The van der Waals surface area contributed by atoms with Crippen molar-refractivity contribution in [3.05, 3.63) is 88.5 Å². The second-order valence-electron chi connectivity index (χ2n) is 11.2. The highest BCUT2D eigenvalue weighted by atomic mass is 16.4. The Balaban J connectivity index is 1.81. The summed E-state index contributed by atoms with van der Waals surface area (Å²) in [6.07, 6.45) is 2.34. The molecule has 0 saturated heterocycles. The fourth-order valence-corrected chi connectivity index (χ4v) is 5.86. The number of para-hydroxylation sites is 2. The maximum Gasteiger partial charge on any atom is 0.335 e. The maximum atomic E-state index is 11.5. The van der Waals surface area contributed by atoms with Gasteiger partial charge in [0.25, 0.3) is 0 Å². The SMILES string of the molecule is CN1c2cc3c(cc2C(c2ccc(C(=O)O)cc2)N(C)c2ccccc21)C(C)(C)CCC3(C)C. The van der Waals surface area contributed by atoms with Crippen LogP contribution in [0.5, 0.6) is 0 Å². The molecule has 0 radical (unpaired) electrons. The summed E-state index contributed by atoms with van der Waals surface area (Å²) in [7, 11) is 4.31. The average molecular weight is 455 g/mol. The molecule has 0 fully saturated rings. The Morgan fingerprint density at radius 3 is 1.97 bits per heavy atom. The summed E-state index contributed by atoms with van der Waals surface area (Å²) in [5.74, 6) is -0.899. The van der Waals surface area contributed by atoms with E-state index in [0.29, 0.717) is 5.56 Å². The number of hydrogen-bond donors (Lipinski definition) is 1. The van der Waals surface area contributed by atoms with E-state index in [1.54, 1.807) is 12.1 Å². The van der Waals surface area contributed by atoms with Crippen LogP contribution >= 0.6 is 0 Å². The number of fused-ring (bicyclic) bond motifs is 3. The van der Waals surface area contributed by atoms with Crippen LogP contribution in [0.25, 0.3) is 0 Å². The lowest BCUT2D eigenvalue weighted by Crippen LogP contribution is -2.35. The first-order chi connectivity index (χ1) is 16.0. The van der Waals surface area contributed by atoms with Crippen LogP contribution in [0.15, 0.2) is 60.7 Å². The van der Waals surface area contributed by atoms with E-state index in [4.69, 9.17) is 0 Å². The number of carboxylic acids is 1. The Morgan fingerprint density at radius 2 is 1.38 bits per heavy atom. The van der Waals surface area contributed by atoms with Gasteiger partial charge in [-0.05, 0) is 70.7 Å². The third-order valence-electron chi connectivity index (χ3n) is 8.14. The third kappa shape index (κ3) is 3.39. The fraction of sp³-hybridized carbons (Fsp3) is 0.367. The standard InChI is InChI=1S/C30H34N2O2/c1-29(2)15-16-30(3,4)23-18-26-21(17-22(23)29)27(19-11-13-20(14-12-19)28(33)34)32(6)25-10-8-7-9-24(25)31(26)5/h7-14,17-18,27H,15-16H2,1-6H3,(H,33,34). The predicted octanol–water partition coefficient (Wildman–Crippen LogP) is 7.04. The summed E-state index contributed by atoms with van der Waals surface area (Å²) >= 11 is 0. The van der Waals surface area contributed by atoms with Gasteiger partial charge in [-0.15, -0.1) is 0 Å². The quantitative estimate of drug-likeness (QED) is 0.451. The summed E-state index contributed by atoms with van der Waals surface area (Å²) in [5.41, 5.74) is 9.30. The van der Waals surface area contributed by atoms with Crippen molar-refractivity contribution in [3.63, 3.8) is 0 Å². The molecule has 1 unspecified atom stereocenters. The van der Waals surface area contributed by atoms with Crippen molar-refractivity contribution in [2.45, 2.75) is 57.4 Å². The molecule has 176 valence electrons. The summed E-state index contributed by atoms with van der Waals surface area (Å²) in [4.78, 5) is 16.1. The van der Waals surface area contributed by atoms with E-state index in [1.165, 1.54) is 34.5 Å². The van der Waals surface area contributed by atoms with E-state index in [-0.39, 0.29) is 16.9 Å². The minimum absolute atomic E-state index is 0.0323. The molecule has 3 aromatic carbocycles. The number of carbonyl (C=O) groups is 1. The van der Waals surface area contributed by atoms with Gasteiger partial charge in [0.15, 0.2) is 0 Å². The molecule has 1 heterocycles. The summed E-state index contributed by atoms with van der Waals surface area (Å²) in [5, 5.41) is 9.43. The van der Waals surface area contributed by atoms with E-state index < -0.39 is 5.97 Å². The number of hydrogen-bond acceptors (Lipinski definition) is 3. The number of benzene rings is 3. The lowest BCUT2D eigenvalue weighted by Gasteiger charge is -2.43. The van der Waals surface area contributed by atoms with Crippen LogP contribution in [0.3, 0.4) is 0 Å². The molecule has 2 aliphatic rings. The highest BCUT2D eigenvalue weighted by Gasteiger charge is 2.40. The van der Waals surface area contributed by atoms with Crippen LogP contribution in [0.4, 0.5) is 17.1 Å². The van der Waals surface area contributed by atoms with Crippen LogP contribution in [-0.2, 0) is 10.8 Å². The Kier molecular flexibility index (Phi) is 5.05. The minimum atomic E-state index is -0.899. The van der Waals surface area contributed by atoms with E-state index >= 15 is 0 Å². The zero-order valence-electron chi connectivity index (χ0n) is 21.0. The molecular weight excluding hydrogens is 420 g/mol.